The zero-order valence-electron chi connectivity index (χ0n) is 13.7. The molecule has 1 aromatic heterocycles. The van der Waals surface area contributed by atoms with E-state index in [4.69, 9.17) is 11.6 Å². The first-order valence-electron chi connectivity index (χ1n) is 7.89. The van der Waals surface area contributed by atoms with Crippen molar-refractivity contribution in [1.82, 2.24) is 15.8 Å². The molecule has 0 bridgehead atoms. The SMILES string of the molecule is O=C(CSCc1ccc(Cl)cc1)NNC(=O)c1ccc2ccccc2n1. The van der Waals surface area contributed by atoms with Crippen LogP contribution in [0.2, 0.25) is 5.02 Å². The van der Waals surface area contributed by atoms with Gasteiger partial charge in [0.25, 0.3) is 5.91 Å². The molecule has 132 valence electrons. The van der Waals surface area contributed by atoms with Crippen LogP contribution in [0.4, 0.5) is 0 Å². The van der Waals surface area contributed by atoms with Gasteiger partial charge < -0.3 is 0 Å². The third kappa shape index (κ3) is 4.97. The molecular formula is C19H16ClN3O2S. The van der Waals surface area contributed by atoms with Crippen LogP contribution < -0.4 is 10.9 Å². The van der Waals surface area contributed by atoms with Crippen molar-refractivity contribution in [2.45, 2.75) is 5.75 Å². The number of amides is 2. The predicted molar refractivity (Wildman–Crippen MR) is 105 cm³/mol. The monoisotopic (exact) mass is 385 g/mol. The number of nitrogens with zero attached hydrogens (tertiary/aromatic N) is 1. The van der Waals surface area contributed by atoms with Crippen LogP contribution in [-0.2, 0) is 10.5 Å². The number of benzene rings is 2. The number of halogens is 1. The summed E-state index contributed by atoms with van der Waals surface area (Å²) in [6.07, 6.45) is 0. The number of hydrogen-bond acceptors (Lipinski definition) is 4. The fraction of sp³-hybridized carbons (Fsp3) is 0.105. The highest BCUT2D eigenvalue weighted by Crippen LogP contribution is 2.15. The van der Waals surface area contributed by atoms with Crippen LogP contribution in [0.5, 0.6) is 0 Å². The molecule has 3 aromatic rings. The molecule has 3 rings (SSSR count). The summed E-state index contributed by atoms with van der Waals surface area (Å²) in [5, 5.41) is 1.63. The van der Waals surface area contributed by atoms with Crippen molar-refractivity contribution in [2.75, 3.05) is 5.75 Å². The third-order valence-electron chi connectivity index (χ3n) is 3.56. The first kappa shape index (κ1) is 18.2. The molecule has 0 unspecified atom stereocenters. The van der Waals surface area contributed by atoms with E-state index in [1.807, 2.05) is 54.6 Å². The molecule has 0 aliphatic heterocycles. The summed E-state index contributed by atoms with van der Waals surface area (Å²) in [7, 11) is 0. The Balaban J connectivity index is 1.45. The molecular weight excluding hydrogens is 370 g/mol. The standard InChI is InChI=1S/C19H16ClN3O2S/c20-15-8-5-13(6-9-15)11-26-12-18(24)22-23-19(25)17-10-7-14-3-1-2-4-16(14)21-17/h1-10H,11-12H2,(H,22,24)(H,23,25). The summed E-state index contributed by atoms with van der Waals surface area (Å²) >= 11 is 7.28. The molecule has 0 fully saturated rings. The van der Waals surface area contributed by atoms with E-state index in [2.05, 4.69) is 15.8 Å². The number of thioether (sulfide) groups is 1. The fourth-order valence-electron chi connectivity index (χ4n) is 2.26. The van der Waals surface area contributed by atoms with Gasteiger partial charge in [-0.05, 0) is 29.8 Å². The van der Waals surface area contributed by atoms with Crippen molar-refractivity contribution in [3.8, 4) is 0 Å². The minimum absolute atomic E-state index is 0.230. The number of rotatable bonds is 5. The normalized spacial score (nSPS) is 10.5. The predicted octanol–water partition coefficient (Wildman–Crippen LogP) is 3.58. The summed E-state index contributed by atoms with van der Waals surface area (Å²) < 4.78 is 0. The number of para-hydroxylation sites is 1. The van der Waals surface area contributed by atoms with E-state index in [1.165, 1.54) is 11.8 Å². The van der Waals surface area contributed by atoms with Gasteiger partial charge in [-0.2, -0.15) is 0 Å². The van der Waals surface area contributed by atoms with E-state index in [9.17, 15) is 9.59 Å². The van der Waals surface area contributed by atoms with Gasteiger partial charge in [0.05, 0.1) is 11.3 Å². The smallest absolute Gasteiger partial charge is 0.272 e. The van der Waals surface area contributed by atoms with Gasteiger partial charge in [-0.1, -0.05) is 48.0 Å². The second-order valence-corrected chi connectivity index (χ2v) is 6.93. The van der Waals surface area contributed by atoms with Crippen LogP contribution in [0.15, 0.2) is 60.7 Å². The Morgan fingerprint density at radius 1 is 0.962 bits per heavy atom. The maximum atomic E-state index is 12.1. The summed E-state index contributed by atoms with van der Waals surface area (Å²) in [6.45, 7) is 0. The lowest BCUT2D eigenvalue weighted by atomic mass is 10.2. The molecule has 7 heteroatoms. The molecule has 1 heterocycles. The van der Waals surface area contributed by atoms with Crippen molar-refractivity contribution in [3.63, 3.8) is 0 Å². The van der Waals surface area contributed by atoms with Crippen LogP contribution in [0.25, 0.3) is 10.9 Å². The Labute approximate surface area is 160 Å². The average molecular weight is 386 g/mol. The van der Waals surface area contributed by atoms with Crippen LogP contribution in [0.1, 0.15) is 16.1 Å². The highest BCUT2D eigenvalue weighted by atomic mass is 35.5. The summed E-state index contributed by atoms with van der Waals surface area (Å²) in [6, 6.07) is 18.4. The number of fused-ring (bicyclic) bond motifs is 1. The van der Waals surface area contributed by atoms with Crippen molar-refractivity contribution in [2.24, 2.45) is 0 Å². The Bertz CT molecular complexity index is 931. The highest BCUT2D eigenvalue weighted by molar-refractivity contribution is 7.99. The first-order chi connectivity index (χ1) is 12.6. The number of carbonyl (C=O) groups is 2. The van der Waals surface area contributed by atoms with E-state index in [-0.39, 0.29) is 17.4 Å². The number of hydrazine groups is 1. The Kier molecular flexibility index (Phi) is 6.09. The van der Waals surface area contributed by atoms with Crippen molar-refractivity contribution in [3.05, 3.63) is 76.9 Å². The highest BCUT2D eigenvalue weighted by Gasteiger charge is 2.09. The van der Waals surface area contributed by atoms with Crippen molar-refractivity contribution < 1.29 is 9.59 Å². The molecule has 0 aliphatic rings. The minimum Gasteiger partial charge on any atom is -0.272 e. The van der Waals surface area contributed by atoms with Crippen LogP contribution in [-0.4, -0.2) is 22.6 Å². The average Bonchev–Trinajstić information content (AvgIpc) is 2.67. The van der Waals surface area contributed by atoms with Crippen LogP contribution >= 0.6 is 23.4 Å². The molecule has 0 saturated heterocycles. The topological polar surface area (TPSA) is 71.1 Å². The second kappa shape index (κ2) is 8.69. The van der Waals surface area contributed by atoms with E-state index < -0.39 is 5.91 Å². The van der Waals surface area contributed by atoms with Crippen LogP contribution in [0.3, 0.4) is 0 Å². The van der Waals surface area contributed by atoms with Crippen LogP contribution in [0, 0.1) is 0 Å². The summed E-state index contributed by atoms with van der Waals surface area (Å²) in [4.78, 5) is 28.2. The minimum atomic E-state index is -0.452. The molecule has 0 saturated carbocycles. The lowest BCUT2D eigenvalue weighted by Gasteiger charge is -2.07. The van der Waals surface area contributed by atoms with E-state index in [1.54, 1.807) is 6.07 Å². The van der Waals surface area contributed by atoms with Gasteiger partial charge in [-0.25, -0.2) is 4.98 Å². The zero-order chi connectivity index (χ0) is 18.4. The van der Waals surface area contributed by atoms with E-state index >= 15 is 0 Å². The van der Waals surface area contributed by atoms with E-state index in [0.717, 1.165) is 16.5 Å². The maximum Gasteiger partial charge on any atom is 0.288 e. The van der Waals surface area contributed by atoms with Crippen molar-refractivity contribution >= 4 is 46.1 Å². The number of nitrogens with one attached hydrogen (secondary N) is 2. The molecule has 2 amide bonds. The molecule has 26 heavy (non-hydrogen) atoms. The van der Waals surface area contributed by atoms with Gasteiger partial charge >= 0.3 is 0 Å². The Morgan fingerprint density at radius 2 is 1.73 bits per heavy atom. The molecule has 2 aromatic carbocycles. The lowest BCUT2D eigenvalue weighted by molar-refractivity contribution is -0.119. The molecule has 2 N–H and O–H groups in total. The van der Waals surface area contributed by atoms with Gasteiger partial charge in [0.15, 0.2) is 0 Å². The molecule has 0 aliphatic carbocycles. The largest absolute Gasteiger partial charge is 0.288 e. The molecule has 0 radical (unpaired) electrons. The van der Waals surface area contributed by atoms with Gasteiger partial charge in [-0.15, -0.1) is 11.8 Å². The fourth-order valence-corrected chi connectivity index (χ4v) is 3.18. The first-order valence-corrected chi connectivity index (χ1v) is 9.42. The lowest BCUT2D eigenvalue weighted by Crippen LogP contribution is -2.42. The van der Waals surface area contributed by atoms with Gasteiger partial charge in [0, 0.05) is 16.2 Å². The number of carbonyl (C=O) groups excluding carboxylic acids is 2. The Morgan fingerprint density at radius 3 is 2.54 bits per heavy atom. The Hall–Kier alpha value is -2.57. The second-order valence-electron chi connectivity index (χ2n) is 5.51. The number of aromatic nitrogens is 1. The van der Waals surface area contributed by atoms with Gasteiger partial charge in [0.2, 0.25) is 5.91 Å². The van der Waals surface area contributed by atoms with E-state index in [0.29, 0.717) is 10.8 Å². The zero-order valence-corrected chi connectivity index (χ0v) is 15.3. The molecule has 0 atom stereocenters. The summed E-state index contributed by atoms with van der Waals surface area (Å²) in [5.41, 5.74) is 6.85. The maximum absolute atomic E-state index is 12.1. The molecule has 5 nitrogen and oxygen atoms in total. The third-order valence-corrected chi connectivity index (χ3v) is 4.82. The van der Waals surface area contributed by atoms with Gasteiger partial charge in [-0.3, -0.25) is 20.4 Å². The molecule has 0 spiro atoms. The number of hydrogen-bond donors (Lipinski definition) is 2. The summed E-state index contributed by atoms with van der Waals surface area (Å²) in [5.74, 6) is 0.184. The van der Waals surface area contributed by atoms with Gasteiger partial charge in [0.1, 0.15) is 5.69 Å². The van der Waals surface area contributed by atoms with Crippen molar-refractivity contribution in [1.29, 1.82) is 0 Å². The quantitative estimate of drug-likeness (QED) is 0.658. The number of pyridine rings is 1.